The van der Waals surface area contributed by atoms with Gasteiger partial charge in [-0.05, 0) is 38.4 Å². The zero-order valence-electron chi connectivity index (χ0n) is 12.3. The van der Waals surface area contributed by atoms with Crippen molar-refractivity contribution in [1.29, 1.82) is 0 Å². The van der Waals surface area contributed by atoms with Gasteiger partial charge < -0.3 is 10.2 Å². The molecule has 1 fully saturated rings. The predicted octanol–water partition coefficient (Wildman–Crippen LogP) is 3.26. The van der Waals surface area contributed by atoms with Gasteiger partial charge in [-0.25, -0.2) is 9.97 Å². The first-order valence-corrected chi connectivity index (χ1v) is 8.28. The molecular formula is C14H24N4S. The molecule has 1 heterocycles. The average Bonchev–Trinajstić information content (AvgIpc) is 3.27. The highest BCUT2D eigenvalue weighted by Gasteiger charge is 2.31. The molecule has 5 heteroatoms. The summed E-state index contributed by atoms with van der Waals surface area (Å²) in [6.07, 6.45) is 5.83. The van der Waals surface area contributed by atoms with Crippen LogP contribution >= 0.6 is 11.8 Å². The van der Waals surface area contributed by atoms with Crippen LogP contribution in [0.2, 0.25) is 0 Å². The quantitative estimate of drug-likeness (QED) is 0.613. The summed E-state index contributed by atoms with van der Waals surface area (Å²) in [6, 6.07) is 2.62. The van der Waals surface area contributed by atoms with E-state index >= 15 is 0 Å². The second-order valence-corrected chi connectivity index (χ2v) is 5.99. The first-order chi connectivity index (χ1) is 9.15. The zero-order valence-corrected chi connectivity index (χ0v) is 13.1. The molecule has 106 valence electrons. The lowest BCUT2D eigenvalue weighted by Gasteiger charge is -2.26. The Labute approximate surface area is 120 Å². The van der Waals surface area contributed by atoms with Gasteiger partial charge in [0.25, 0.3) is 0 Å². The minimum Gasteiger partial charge on any atom is -0.370 e. The van der Waals surface area contributed by atoms with E-state index in [0.717, 1.165) is 35.7 Å². The summed E-state index contributed by atoms with van der Waals surface area (Å²) < 4.78 is 0. The van der Waals surface area contributed by atoms with Crippen molar-refractivity contribution in [1.82, 2.24) is 9.97 Å². The molecule has 1 aromatic rings. The Morgan fingerprint density at radius 1 is 1.47 bits per heavy atom. The number of hydrogen-bond acceptors (Lipinski definition) is 5. The van der Waals surface area contributed by atoms with E-state index in [1.165, 1.54) is 12.8 Å². The lowest BCUT2D eigenvalue weighted by Crippen LogP contribution is -2.31. The summed E-state index contributed by atoms with van der Waals surface area (Å²) in [5.41, 5.74) is 0. The molecule has 1 unspecified atom stereocenters. The third-order valence-electron chi connectivity index (χ3n) is 3.71. The molecule has 0 aromatic carbocycles. The van der Waals surface area contributed by atoms with Crippen LogP contribution in [0.4, 0.5) is 11.6 Å². The molecule has 0 amide bonds. The van der Waals surface area contributed by atoms with Gasteiger partial charge in [0.15, 0.2) is 5.16 Å². The van der Waals surface area contributed by atoms with Gasteiger partial charge in [-0.3, -0.25) is 0 Å². The first-order valence-electron chi connectivity index (χ1n) is 7.05. The lowest BCUT2D eigenvalue weighted by molar-refractivity contribution is 0.601. The second-order valence-electron chi connectivity index (χ2n) is 5.21. The molecule has 1 atom stereocenters. The Morgan fingerprint density at radius 3 is 2.79 bits per heavy atom. The topological polar surface area (TPSA) is 41.0 Å². The van der Waals surface area contributed by atoms with Crippen molar-refractivity contribution < 1.29 is 0 Å². The number of nitrogens with one attached hydrogen (secondary N) is 1. The largest absolute Gasteiger partial charge is 0.370 e. The highest BCUT2D eigenvalue weighted by molar-refractivity contribution is 7.98. The summed E-state index contributed by atoms with van der Waals surface area (Å²) in [4.78, 5) is 11.4. The van der Waals surface area contributed by atoms with Gasteiger partial charge in [-0.2, -0.15) is 0 Å². The van der Waals surface area contributed by atoms with Gasteiger partial charge in [-0.15, -0.1) is 0 Å². The molecule has 2 rings (SSSR count). The minimum atomic E-state index is 0.559. The second kappa shape index (κ2) is 6.46. The highest BCUT2D eigenvalue weighted by atomic mass is 32.2. The Hall–Kier alpha value is -0.970. The van der Waals surface area contributed by atoms with Crippen LogP contribution in [-0.4, -0.2) is 35.9 Å². The van der Waals surface area contributed by atoms with Crippen molar-refractivity contribution in [3.05, 3.63) is 6.07 Å². The molecule has 1 N–H and O–H groups in total. The van der Waals surface area contributed by atoms with Gasteiger partial charge in [0.05, 0.1) is 0 Å². The third-order valence-corrected chi connectivity index (χ3v) is 4.26. The van der Waals surface area contributed by atoms with Crippen LogP contribution in [-0.2, 0) is 0 Å². The fourth-order valence-corrected chi connectivity index (χ4v) is 2.51. The fraction of sp³-hybridized carbons (Fsp3) is 0.714. The van der Waals surface area contributed by atoms with Gasteiger partial charge >= 0.3 is 0 Å². The molecule has 0 spiro atoms. The van der Waals surface area contributed by atoms with Gasteiger partial charge in [0.1, 0.15) is 11.6 Å². The van der Waals surface area contributed by atoms with E-state index in [2.05, 4.69) is 47.1 Å². The summed E-state index contributed by atoms with van der Waals surface area (Å²) in [5, 5.41) is 4.20. The number of rotatable bonds is 7. The van der Waals surface area contributed by atoms with Crippen molar-refractivity contribution in [3.8, 4) is 0 Å². The van der Waals surface area contributed by atoms with E-state index in [1.807, 2.05) is 6.26 Å². The number of thioether (sulfide) groups is 1. The van der Waals surface area contributed by atoms with Crippen molar-refractivity contribution in [2.45, 2.75) is 44.3 Å². The number of aromatic nitrogens is 2. The summed E-state index contributed by atoms with van der Waals surface area (Å²) in [6.45, 7) is 5.40. The predicted molar refractivity (Wildman–Crippen MR) is 83.2 cm³/mol. The molecule has 1 aromatic heterocycles. The molecule has 0 saturated heterocycles. The molecule has 4 nitrogen and oxygen atoms in total. The maximum absolute atomic E-state index is 4.63. The number of nitrogens with zero attached hydrogens (tertiary/aromatic N) is 3. The Morgan fingerprint density at radius 2 is 2.21 bits per heavy atom. The van der Waals surface area contributed by atoms with E-state index in [4.69, 9.17) is 0 Å². The molecule has 0 bridgehead atoms. The summed E-state index contributed by atoms with van der Waals surface area (Å²) >= 11 is 1.59. The van der Waals surface area contributed by atoms with Crippen LogP contribution in [0.25, 0.3) is 0 Å². The third kappa shape index (κ3) is 3.75. The Kier molecular flexibility index (Phi) is 4.91. The van der Waals surface area contributed by atoms with Crippen molar-refractivity contribution in [2.75, 3.05) is 30.1 Å². The fourth-order valence-electron chi connectivity index (χ4n) is 2.13. The van der Waals surface area contributed by atoms with E-state index in [9.17, 15) is 0 Å². The average molecular weight is 280 g/mol. The maximum atomic E-state index is 4.63. The van der Waals surface area contributed by atoms with Crippen LogP contribution < -0.4 is 10.2 Å². The van der Waals surface area contributed by atoms with Gasteiger partial charge in [0, 0.05) is 25.7 Å². The molecule has 0 aliphatic heterocycles. The van der Waals surface area contributed by atoms with Crippen LogP contribution in [0.5, 0.6) is 0 Å². The summed E-state index contributed by atoms with van der Waals surface area (Å²) in [7, 11) is 2.14. The standard InChI is InChI=1S/C14H24N4S/c1-5-8-15-12-9-13(17-14(16-12)19-4)18(3)10(2)11-6-7-11/h9-11H,5-8H2,1-4H3,(H,15,16,17). The first kappa shape index (κ1) is 14.4. The van der Waals surface area contributed by atoms with E-state index in [1.54, 1.807) is 11.8 Å². The van der Waals surface area contributed by atoms with Crippen LogP contribution in [0.15, 0.2) is 11.2 Å². The molecule has 1 aliphatic rings. The monoisotopic (exact) mass is 280 g/mol. The summed E-state index contributed by atoms with van der Waals surface area (Å²) in [5.74, 6) is 2.80. The molecule has 1 saturated carbocycles. The molecule has 19 heavy (non-hydrogen) atoms. The Bertz CT molecular complexity index is 420. The van der Waals surface area contributed by atoms with Gasteiger partial charge in [0.2, 0.25) is 0 Å². The van der Waals surface area contributed by atoms with Crippen molar-refractivity contribution in [2.24, 2.45) is 5.92 Å². The van der Waals surface area contributed by atoms with E-state index in [-0.39, 0.29) is 0 Å². The normalized spacial score (nSPS) is 16.2. The van der Waals surface area contributed by atoms with Crippen LogP contribution in [0.3, 0.4) is 0 Å². The van der Waals surface area contributed by atoms with E-state index in [0.29, 0.717) is 6.04 Å². The molecular weight excluding hydrogens is 256 g/mol. The SMILES string of the molecule is CCCNc1cc(N(C)C(C)C2CC2)nc(SC)n1. The minimum absolute atomic E-state index is 0.559. The van der Waals surface area contributed by atoms with Crippen molar-refractivity contribution in [3.63, 3.8) is 0 Å². The van der Waals surface area contributed by atoms with Gasteiger partial charge in [-0.1, -0.05) is 18.7 Å². The van der Waals surface area contributed by atoms with Crippen LogP contribution in [0.1, 0.15) is 33.1 Å². The highest BCUT2D eigenvalue weighted by Crippen LogP contribution is 2.36. The number of hydrogen-bond donors (Lipinski definition) is 1. The zero-order chi connectivity index (χ0) is 13.8. The molecule has 0 radical (unpaired) electrons. The lowest BCUT2D eigenvalue weighted by atomic mass is 10.2. The van der Waals surface area contributed by atoms with E-state index < -0.39 is 0 Å². The smallest absolute Gasteiger partial charge is 0.191 e. The number of anilines is 2. The molecule has 1 aliphatic carbocycles. The van der Waals surface area contributed by atoms with Crippen molar-refractivity contribution >= 4 is 23.4 Å². The maximum Gasteiger partial charge on any atom is 0.191 e. The Balaban J connectivity index is 2.17. The van der Waals surface area contributed by atoms with Crippen LogP contribution in [0, 0.1) is 5.92 Å².